The summed E-state index contributed by atoms with van der Waals surface area (Å²) >= 11 is 0. The van der Waals surface area contributed by atoms with Crippen LogP contribution in [0.5, 0.6) is 5.75 Å². The number of aromatic nitrogens is 2. The zero-order chi connectivity index (χ0) is 15.0. The van der Waals surface area contributed by atoms with E-state index >= 15 is 0 Å². The lowest BCUT2D eigenvalue weighted by molar-refractivity contribution is 0.472. The Hall–Kier alpha value is -2.82. The van der Waals surface area contributed by atoms with Gasteiger partial charge in [0.1, 0.15) is 0 Å². The Morgan fingerprint density at radius 1 is 1.10 bits per heavy atom. The zero-order valence-electron chi connectivity index (χ0n) is 11.5. The summed E-state index contributed by atoms with van der Waals surface area (Å²) in [5.41, 5.74) is 0.933. The van der Waals surface area contributed by atoms with Crippen molar-refractivity contribution in [3.63, 3.8) is 0 Å². The zero-order valence-corrected chi connectivity index (χ0v) is 11.5. The van der Waals surface area contributed by atoms with Crippen LogP contribution < -0.4 is 11.0 Å². The lowest BCUT2D eigenvalue weighted by atomic mass is 10.1. The van der Waals surface area contributed by atoms with Crippen LogP contribution in [0, 0.1) is 0 Å². The van der Waals surface area contributed by atoms with Crippen LogP contribution in [0.15, 0.2) is 58.4 Å². The molecule has 2 aromatic heterocycles. The molecule has 0 aliphatic carbocycles. The van der Waals surface area contributed by atoms with Crippen molar-refractivity contribution in [3.05, 3.63) is 80.6 Å². The molecule has 0 spiro atoms. The average Bonchev–Trinajstić information content (AvgIpc) is 2.49. The molecule has 3 rings (SSSR count). The maximum absolute atomic E-state index is 12.4. The van der Waals surface area contributed by atoms with Crippen LogP contribution in [0.1, 0.15) is 11.3 Å². The highest BCUT2D eigenvalue weighted by Crippen LogP contribution is 2.12. The summed E-state index contributed by atoms with van der Waals surface area (Å²) in [5.74, 6) is -0.510. The molecule has 0 saturated carbocycles. The van der Waals surface area contributed by atoms with Gasteiger partial charge in [-0.3, -0.25) is 9.59 Å². The maximum atomic E-state index is 12.4. The number of hydrogen-bond acceptors (Lipinski definition) is 3. The van der Waals surface area contributed by atoms with Crippen LogP contribution in [0.2, 0.25) is 0 Å². The summed E-state index contributed by atoms with van der Waals surface area (Å²) < 4.78 is 2.96. The van der Waals surface area contributed by atoms with E-state index in [0.717, 1.165) is 11.3 Å². The molecular formula is C16H14N2O3. The van der Waals surface area contributed by atoms with E-state index < -0.39 is 16.7 Å². The normalized spacial score (nSPS) is 10.9. The Labute approximate surface area is 120 Å². The molecule has 3 aromatic rings. The highest BCUT2D eigenvalue weighted by atomic mass is 16.3. The van der Waals surface area contributed by atoms with Gasteiger partial charge in [0.25, 0.3) is 5.56 Å². The topological polar surface area (TPSA) is 63.7 Å². The van der Waals surface area contributed by atoms with Crippen molar-refractivity contribution in [1.29, 1.82) is 0 Å². The van der Waals surface area contributed by atoms with Crippen LogP contribution in [-0.4, -0.2) is 14.1 Å². The molecule has 106 valence electrons. The first-order valence-corrected chi connectivity index (χ1v) is 6.54. The van der Waals surface area contributed by atoms with Crippen LogP contribution in [0.4, 0.5) is 0 Å². The van der Waals surface area contributed by atoms with Gasteiger partial charge in [-0.2, -0.15) is 0 Å². The van der Waals surface area contributed by atoms with Gasteiger partial charge in [-0.25, -0.2) is 0 Å². The number of hydrogen-bond donors (Lipinski definition) is 1. The number of nitrogens with zero attached hydrogens (tertiary/aromatic N) is 2. The number of aromatic hydroxyl groups is 1. The summed E-state index contributed by atoms with van der Waals surface area (Å²) in [6, 6.07) is 11.0. The van der Waals surface area contributed by atoms with E-state index in [2.05, 4.69) is 0 Å². The van der Waals surface area contributed by atoms with Gasteiger partial charge in [0.15, 0.2) is 11.3 Å². The Bertz CT molecular complexity index is 924. The van der Waals surface area contributed by atoms with Crippen molar-refractivity contribution >= 4 is 5.52 Å². The highest BCUT2D eigenvalue weighted by Gasteiger charge is 2.12. The van der Waals surface area contributed by atoms with Crippen LogP contribution in [-0.2, 0) is 13.5 Å². The SMILES string of the molecule is Cn1c(Cc2ccccc2)cn2ccc(=O)c(O)c2c1=O. The molecule has 0 fully saturated rings. The minimum atomic E-state index is -0.553. The third kappa shape index (κ3) is 2.23. The molecule has 5 nitrogen and oxygen atoms in total. The molecule has 5 heteroatoms. The first kappa shape index (κ1) is 13.2. The van der Waals surface area contributed by atoms with E-state index in [0.29, 0.717) is 6.42 Å². The number of rotatable bonds is 2. The number of fused-ring (bicyclic) bond motifs is 1. The molecule has 0 radical (unpaired) electrons. The Morgan fingerprint density at radius 3 is 2.52 bits per heavy atom. The first-order chi connectivity index (χ1) is 10.1. The largest absolute Gasteiger partial charge is 0.503 e. The van der Waals surface area contributed by atoms with E-state index in [-0.39, 0.29) is 5.52 Å². The lowest BCUT2D eigenvalue weighted by Gasteiger charge is -2.12. The van der Waals surface area contributed by atoms with E-state index in [1.165, 1.54) is 21.2 Å². The summed E-state index contributed by atoms with van der Waals surface area (Å²) in [5, 5.41) is 9.80. The van der Waals surface area contributed by atoms with Crippen molar-refractivity contribution in [2.24, 2.45) is 7.05 Å². The number of pyridine rings is 1. The molecule has 1 aromatic carbocycles. The van der Waals surface area contributed by atoms with Crippen molar-refractivity contribution in [3.8, 4) is 5.75 Å². The van der Waals surface area contributed by atoms with Gasteiger partial charge in [-0.05, 0) is 5.56 Å². The number of benzene rings is 1. The Balaban J connectivity index is 2.22. The maximum Gasteiger partial charge on any atom is 0.278 e. The fourth-order valence-electron chi connectivity index (χ4n) is 2.37. The Kier molecular flexibility index (Phi) is 3.10. The van der Waals surface area contributed by atoms with E-state index in [4.69, 9.17) is 0 Å². The molecular weight excluding hydrogens is 268 g/mol. The second-order valence-electron chi connectivity index (χ2n) is 4.93. The summed E-state index contributed by atoms with van der Waals surface area (Å²) in [7, 11) is 1.64. The van der Waals surface area contributed by atoms with Gasteiger partial charge in [-0.1, -0.05) is 30.3 Å². The minimum Gasteiger partial charge on any atom is -0.503 e. The van der Waals surface area contributed by atoms with E-state index in [1.54, 1.807) is 13.2 Å². The van der Waals surface area contributed by atoms with Gasteiger partial charge >= 0.3 is 0 Å². The highest BCUT2D eigenvalue weighted by molar-refractivity contribution is 5.57. The molecule has 0 atom stereocenters. The summed E-state index contributed by atoms with van der Waals surface area (Å²) in [6.45, 7) is 0. The van der Waals surface area contributed by atoms with Gasteiger partial charge in [0.05, 0.1) is 0 Å². The lowest BCUT2D eigenvalue weighted by Crippen LogP contribution is -2.25. The minimum absolute atomic E-state index is 0.00168. The second kappa shape index (κ2) is 4.94. The van der Waals surface area contributed by atoms with Crippen LogP contribution in [0.3, 0.4) is 0 Å². The van der Waals surface area contributed by atoms with Gasteiger partial charge in [0.2, 0.25) is 5.43 Å². The van der Waals surface area contributed by atoms with E-state index in [1.807, 2.05) is 30.3 Å². The molecule has 0 aliphatic heterocycles. The third-order valence-electron chi connectivity index (χ3n) is 3.56. The molecule has 0 amide bonds. The van der Waals surface area contributed by atoms with Crippen molar-refractivity contribution in [2.45, 2.75) is 6.42 Å². The van der Waals surface area contributed by atoms with Crippen molar-refractivity contribution in [1.82, 2.24) is 8.97 Å². The van der Waals surface area contributed by atoms with Crippen molar-refractivity contribution in [2.75, 3.05) is 0 Å². The quantitative estimate of drug-likeness (QED) is 0.770. The molecule has 0 unspecified atom stereocenters. The van der Waals surface area contributed by atoms with Gasteiger partial charge < -0.3 is 14.1 Å². The standard InChI is InChI=1S/C16H14N2O3/c1-17-12(9-11-5-3-2-4-6-11)10-18-8-7-13(19)15(20)14(18)16(17)21/h2-8,10,20H,9H2,1H3. The molecule has 0 bridgehead atoms. The molecule has 0 aliphatic rings. The molecule has 2 heterocycles. The predicted octanol–water partition coefficient (Wildman–Crippen LogP) is 1.29. The van der Waals surface area contributed by atoms with Crippen molar-refractivity contribution < 1.29 is 5.11 Å². The fraction of sp³-hybridized carbons (Fsp3) is 0.125. The fourth-order valence-corrected chi connectivity index (χ4v) is 2.37. The average molecular weight is 282 g/mol. The summed E-state index contributed by atoms with van der Waals surface area (Å²) in [6.07, 6.45) is 3.84. The third-order valence-corrected chi connectivity index (χ3v) is 3.56. The van der Waals surface area contributed by atoms with Crippen LogP contribution in [0.25, 0.3) is 5.52 Å². The summed E-state index contributed by atoms with van der Waals surface area (Å²) in [4.78, 5) is 23.8. The predicted molar refractivity (Wildman–Crippen MR) is 79.8 cm³/mol. The second-order valence-corrected chi connectivity index (χ2v) is 4.93. The molecule has 0 saturated heterocycles. The van der Waals surface area contributed by atoms with Gasteiger partial charge in [-0.15, -0.1) is 0 Å². The Morgan fingerprint density at radius 2 is 1.81 bits per heavy atom. The monoisotopic (exact) mass is 282 g/mol. The molecule has 21 heavy (non-hydrogen) atoms. The first-order valence-electron chi connectivity index (χ1n) is 6.54. The van der Waals surface area contributed by atoms with Crippen LogP contribution >= 0.6 is 0 Å². The molecule has 1 N–H and O–H groups in total. The smallest absolute Gasteiger partial charge is 0.278 e. The van der Waals surface area contributed by atoms with Gasteiger partial charge in [0, 0.05) is 37.6 Å². The van der Waals surface area contributed by atoms with E-state index in [9.17, 15) is 14.7 Å².